The number of rotatable bonds is 3. The SMILES string of the molecule is CCNC(=O)c1cn(CC)c(=O)c(C#N)c1N. The van der Waals surface area contributed by atoms with Crippen molar-refractivity contribution < 1.29 is 4.79 Å². The molecule has 6 nitrogen and oxygen atoms in total. The highest BCUT2D eigenvalue weighted by Gasteiger charge is 2.17. The van der Waals surface area contributed by atoms with Crippen molar-refractivity contribution in [2.75, 3.05) is 12.3 Å². The highest BCUT2D eigenvalue weighted by molar-refractivity contribution is 5.99. The van der Waals surface area contributed by atoms with Gasteiger partial charge < -0.3 is 15.6 Å². The minimum Gasteiger partial charge on any atom is -0.397 e. The summed E-state index contributed by atoms with van der Waals surface area (Å²) in [6, 6.07) is 1.74. The summed E-state index contributed by atoms with van der Waals surface area (Å²) in [5.41, 5.74) is 5.09. The third kappa shape index (κ3) is 2.28. The molecule has 0 atom stereocenters. The summed E-state index contributed by atoms with van der Waals surface area (Å²) in [4.78, 5) is 23.4. The highest BCUT2D eigenvalue weighted by atomic mass is 16.2. The Hall–Kier alpha value is -2.29. The van der Waals surface area contributed by atoms with E-state index in [-0.39, 0.29) is 22.7 Å². The summed E-state index contributed by atoms with van der Waals surface area (Å²) in [5, 5.41) is 11.5. The maximum absolute atomic E-state index is 11.7. The number of aromatic nitrogens is 1. The maximum atomic E-state index is 11.7. The van der Waals surface area contributed by atoms with Gasteiger partial charge in [-0.1, -0.05) is 0 Å². The van der Waals surface area contributed by atoms with Gasteiger partial charge in [-0.25, -0.2) is 0 Å². The average molecular weight is 234 g/mol. The van der Waals surface area contributed by atoms with E-state index in [1.54, 1.807) is 19.9 Å². The monoisotopic (exact) mass is 234 g/mol. The fourth-order valence-corrected chi connectivity index (χ4v) is 1.46. The summed E-state index contributed by atoms with van der Waals surface area (Å²) in [6.45, 7) is 4.35. The van der Waals surface area contributed by atoms with E-state index in [0.29, 0.717) is 13.1 Å². The van der Waals surface area contributed by atoms with Gasteiger partial charge in [0.25, 0.3) is 11.5 Å². The summed E-state index contributed by atoms with van der Waals surface area (Å²) in [5.74, 6) is -0.385. The topological polar surface area (TPSA) is 101 Å². The molecule has 1 aromatic rings. The van der Waals surface area contributed by atoms with Crippen molar-refractivity contribution in [2.45, 2.75) is 20.4 Å². The number of hydrogen-bond donors (Lipinski definition) is 2. The fraction of sp³-hybridized carbons (Fsp3) is 0.364. The summed E-state index contributed by atoms with van der Waals surface area (Å²) < 4.78 is 1.29. The first-order chi connectivity index (χ1) is 8.06. The minimum absolute atomic E-state index is 0.0619. The number of nitrogens with zero attached hydrogens (tertiary/aromatic N) is 2. The minimum atomic E-state index is -0.472. The molecule has 0 unspecified atom stereocenters. The quantitative estimate of drug-likeness (QED) is 0.772. The Kier molecular flexibility index (Phi) is 3.88. The normalized spacial score (nSPS) is 9.71. The zero-order valence-corrected chi connectivity index (χ0v) is 9.78. The summed E-state index contributed by atoms with van der Waals surface area (Å²) in [7, 11) is 0. The predicted molar refractivity (Wildman–Crippen MR) is 63.5 cm³/mol. The second-order valence-electron chi connectivity index (χ2n) is 3.39. The number of carbonyl (C=O) groups is 1. The second kappa shape index (κ2) is 5.16. The average Bonchev–Trinajstić information content (AvgIpc) is 2.30. The molecule has 0 bridgehead atoms. The van der Waals surface area contributed by atoms with Gasteiger partial charge in [-0.2, -0.15) is 5.26 Å². The van der Waals surface area contributed by atoms with Gasteiger partial charge in [0.05, 0.1) is 11.3 Å². The van der Waals surface area contributed by atoms with E-state index in [2.05, 4.69) is 5.32 Å². The lowest BCUT2D eigenvalue weighted by atomic mass is 10.1. The van der Waals surface area contributed by atoms with Gasteiger partial charge >= 0.3 is 0 Å². The standard InChI is InChI=1S/C11H14N4O2/c1-3-14-10(16)8-6-15(4-2)11(17)7(5-12)9(8)13/h6H,3-4,13H2,1-2H3,(H,14,16). The van der Waals surface area contributed by atoms with Gasteiger partial charge in [-0.3, -0.25) is 9.59 Å². The van der Waals surface area contributed by atoms with Crippen LogP contribution in [0.4, 0.5) is 5.69 Å². The van der Waals surface area contributed by atoms with Gasteiger partial charge in [0.15, 0.2) is 0 Å². The van der Waals surface area contributed by atoms with E-state index in [1.807, 2.05) is 0 Å². The Morgan fingerprint density at radius 3 is 2.71 bits per heavy atom. The number of hydrogen-bond acceptors (Lipinski definition) is 4. The van der Waals surface area contributed by atoms with Crippen molar-refractivity contribution in [3.8, 4) is 6.07 Å². The van der Waals surface area contributed by atoms with Crippen LogP contribution in [-0.2, 0) is 6.54 Å². The van der Waals surface area contributed by atoms with E-state index in [9.17, 15) is 9.59 Å². The molecule has 1 rings (SSSR count). The molecule has 0 saturated carbocycles. The Bertz CT molecular complexity index is 540. The molecule has 0 fully saturated rings. The molecule has 6 heteroatoms. The van der Waals surface area contributed by atoms with Crippen LogP contribution in [0.5, 0.6) is 0 Å². The van der Waals surface area contributed by atoms with Crippen molar-refractivity contribution >= 4 is 11.6 Å². The van der Waals surface area contributed by atoms with Gasteiger partial charge in [0, 0.05) is 19.3 Å². The highest BCUT2D eigenvalue weighted by Crippen LogP contribution is 2.13. The van der Waals surface area contributed by atoms with Crippen molar-refractivity contribution in [1.29, 1.82) is 5.26 Å². The molecule has 1 heterocycles. The van der Waals surface area contributed by atoms with Crippen molar-refractivity contribution in [3.63, 3.8) is 0 Å². The molecule has 0 aromatic carbocycles. The molecule has 90 valence electrons. The van der Waals surface area contributed by atoms with Gasteiger partial charge in [0.2, 0.25) is 0 Å². The van der Waals surface area contributed by atoms with Crippen LogP contribution in [0.15, 0.2) is 11.0 Å². The first kappa shape index (κ1) is 12.8. The van der Waals surface area contributed by atoms with Crippen LogP contribution in [0.25, 0.3) is 0 Å². The van der Waals surface area contributed by atoms with Crippen LogP contribution in [0.2, 0.25) is 0 Å². The van der Waals surface area contributed by atoms with E-state index in [4.69, 9.17) is 11.0 Å². The van der Waals surface area contributed by atoms with Crippen LogP contribution in [-0.4, -0.2) is 17.0 Å². The molecule has 0 aliphatic heterocycles. The van der Waals surface area contributed by atoms with Crippen molar-refractivity contribution in [1.82, 2.24) is 9.88 Å². The molecule has 1 aromatic heterocycles. The van der Waals surface area contributed by atoms with Crippen LogP contribution >= 0.6 is 0 Å². The Balaban J connectivity index is 3.48. The Labute approximate surface area is 98.7 Å². The van der Waals surface area contributed by atoms with Crippen molar-refractivity contribution in [3.05, 3.63) is 27.7 Å². The molecule has 0 saturated heterocycles. The number of amides is 1. The number of anilines is 1. The number of nitrogens with two attached hydrogens (primary N) is 1. The lowest BCUT2D eigenvalue weighted by molar-refractivity contribution is 0.0956. The molecule has 3 N–H and O–H groups in total. The molecule has 0 spiro atoms. The zero-order chi connectivity index (χ0) is 13.0. The molecule has 0 aliphatic rings. The molecular weight excluding hydrogens is 220 g/mol. The first-order valence-corrected chi connectivity index (χ1v) is 5.28. The third-order valence-electron chi connectivity index (χ3n) is 2.35. The van der Waals surface area contributed by atoms with E-state index in [1.165, 1.54) is 10.8 Å². The number of aryl methyl sites for hydroxylation is 1. The van der Waals surface area contributed by atoms with Gasteiger partial charge in [-0.05, 0) is 13.8 Å². The molecule has 0 radical (unpaired) electrons. The Morgan fingerprint density at radius 1 is 1.59 bits per heavy atom. The third-order valence-corrected chi connectivity index (χ3v) is 2.35. The number of nitrogens with one attached hydrogen (secondary N) is 1. The smallest absolute Gasteiger partial charge is 0.270 e. The molecule has 17 heavy (non-hydrogen) atoms. The van der Waals surface area contributed by atoms with E-state index >= 15 is 0 Å². The Morgan fingerprint density at radius 2 is 2.24 bits per heavy atom. The largest absolute Gasteiger partial charge is 0.397 e. The summed E-state index contributed by atoms with van der Waals surface area (Å²) in [6.07, 6.45) is 1.38. The van der Waals surface area contributed by atoms with E-state index < -0.39 is 5.56 Å². The number of pyridine rings is 1. The second-order valence-corrected chi connectivity index (χ2v) is 3.39. The van der Waals surface area contributed by atoms with Crippen LogP contribution in [0.1, 0.15) is 29.8 Å². The van der Waals surface area contributed by atoms with Crippen LogP contribution < -0.4 is 16.6 Å². The van der Waals surface area contributed by atoms with Crippen LogP contribution in [0, 0.1) is 11.3 Å². The van der Waals surface area contributed by atoms with Gasteiger partial charge in [0.1, 0.15) is 11.6 Å². The molecular formula is C11H14N4O2. The van der Waals surface area contributed by atoms with Crippen LogP contribution in [0.3, 0.4) is 0 Å². The fourth-order valence-electron chi connectivity index (χ4n) is 1.46. The van der Waals surface area contributed by atoms with Crippen molar-refractivity contribution in [2.24, 2.45) is 0 Å². The number of nitrogen functional groups attached to an aromatic ring is 1. The molecule has 0 aliphatic carbocycles. The summed E-state index contributed by atoms with van der Waals surface area (Å²) >= 11 is 0. The number of carbonyl (C=O) groups excluding carboxylic acids is 1. The van der Waals surface area contributed by atoms with Gasteiger partial charge in [-0.15, -0.1) is 0 Å². The first-order valence-electron chi connectivity index (χ1n) is 5.28. The van der Waals surface area contributed by atoms with E-state index in [0.717, 1.165) is 0 Å². The number of nitriles is 1. The zero-order valence-electron chi connectivity index (χ0n) is 9.78. The predicted octanol–water partition coefficient (Wildman–Crippen LogP) is 0.0718. The lowest BCUT2D eigenvalue weighted by Gasteiger charge is -2.10. The molecule has 1 amide bonds. The lowest BCUT2D eigenvalue weighted by Crippen LogP contribution is -2.30. The maximum Gasteiger partial charge on any atom is 0.270 e.